The van der Waals surface area contributed by atoms with Gasteiger partial charge in [0.15, 0.2) is 6.10 Å². The van der Waals surface area contributed by atoms with E-state index in [2.05, 4.69) is 0 Å². The number of carbonyl (C=O) groups is 5. The lowest BCUT2D eigenvalue weighted by atomic mass is 10.1. The van der Waals surface area contributed by atoms with Crippen LogP contribution in [0.25, 0.3) is 0 Å². The number of ether oxygens (including phenoxy) is 1. The Hall–Kier alpha value is -3.23. The molecule has 0 radical (unpaired) electrons. The number of benzene rings is 1. The Kier molecular flexibility index (Phi) is 5.16. The molecule has 0 fully saturated rings. The van der Waals surface area contributed by atoms with Crippen molar-refractivity contribution in [3.8, 4) is 0 Å². The highest BCUT2D eigenvalue weighted by atomic mass is 16.5. The summed E-state index contributed by atoms with van der Waals surface area (Å²) in [6.07, 6.45) is -1.28. The van der Waals surface area contributed by atoms with E-state index < -0.39 is 48.3 Å². The number of carbonyl (C=O) groups excluding carboxylic acids is 5. The van der Waals surface area contributed by atoms with Gasteiger partial charge in [0, 0.05) is 0 Å². The second-order valence-electron chi connectivity index (χ2n) is 5.75. The Labute approximate surface area is 143 Å². The molecule has 0 spiro atoms. The Balaban J connectivity index is 2.07. The third kappa shape index (κ3) is 3.82. The second kappa shape index (κ2) is 7.12. The highest BCUT2D eigenvalue weighted by Gasteiger charge is 2.37. The fourth-order valence-corrected chi connectivity index (χ4v) is 2.38. The Bertz CT molecular complexity index is 723. The van der Waals surface area contributed by atoms with Crippen molar-refractivity contribution >= 4 is 29.7 Å². The van der Waals surface area contributed by atoms with Gasteiger partial charge in [-0.05, 0) is 18.1 Å². The first-order chi connectivity index (χ1) is 11.7. The number of hydrogen-bond donors (Lipinski definition) is 2. The van der Waals surface area contributed by atoms with Gasteiger partial charge in [-0.3, -0.25) is 29.4 Å². The fourth-order valence-electron chi connectivity index (χ4n) is 2.38. The van der Waals surface area contributed by atoms with Crippen molar-refractivity contribution in [2.45, 2.75) is 20.0 Å². The maximum Gasteiger partial charge on any atom is 0.327 e. The van der Waals surface area contributed by atoms with Crippen LogP contribution < -0.4 is 11.1 Å². The summed E-state index contributed by atoms with van der Waals surface area (Å²) in [6, 6.07) is 5.10. The second-order valence-corrected chi connectivity index (χ2v) is 5.75. The van der Waals surface area contributed by atoms with Crippen LogP contribution in [0.15, 0.2) is 24.3 Å². The number of fused-ring (bicyclic) bond motifs is 1. The number of nitrogens with two attached hydrogens (primary N) is 1. The van der Waals surface area contributed by atoms with Crippen molar-refractivity contribution in [1.29, 1.82) is 0 Å². The third-order valence-electron chi connectivity index (χ3n) is 3.53. The maximum atomic E-state index is 12.2. The van der Waals surface area contributed by atoms with Crippen molar-refractivity contribution in [2.24, 2.45) is 11.7 Å². The molecular formula is C16H17N3O6. The topological polar surface area (TPSA) is 136 Å². The van der Waals surface area contributed by atoms with E-state index in [1.807, 2.05) is 5.32 Å². The van der Waals surface area contributed by atoms with Gasteiger partial charge in [-0.15, -0.1) is 0 Å². The maximum absolute atomic E-state index is 12.2. The average molecular weight is 347 g/mol. The van der Waals surface area contributed by atoms with E-state index in [1.54, 1.807) is 26.0 Å². The smallest absolute Gasteiger partial charge is 0.327 e. The van der Waals surface area contributed by atoms with Gasteiger partial charge in [0.1, 0.15) is 6.54 Å². The molecule has 1 aliphatic heterocycles. The minimum absolute atomic E-state index is 0.201. The summed E-state index contributed by atoms with van der Waals surface area (Å²) in [5, 5.41) is 1.83. The zero-order valence-electron chi connectivity index (χ0n) is 13.6. The molecule has 2 rings (SSSR count). The molecule has 1 aliphatic rings. The first kappa shape index (κ1) is 18.1. The molecule has 1 aromatic rings. The fraction of sp³-hybridized carbons (Fsp3) is 0.312. The van der Waals surface area contributed by atoms with Crippen LogP contribution in [0.4, 0.5) is 4.79 Å². The number of amides is 5. The SMILES string of the molecule is CC(C)[C@@H](OC(=O)CN1C(=O)c2ccccc2C1=O)C(=O)NC(N)=O. The quantitative estimate of drug-likeness (QED) is 0.570. The summed E-state index contributed by atoms with van der Waals surface area (Å²) < 4.78 is 5.03. The number of nitrogens with one attached hydrogen (secondary N) is 1. The number of nitrogens with zero attached hydrogens (tertiary/aromatic N) is 1. The number of esters is 1. The van der Waals surface area contributed by atoms with Crippen molar-refractivity contribution < 1.29 is 28.7 Å². The molecule has 0 saturated heterocycles. The molecular weight excluding hydrogens is 330 g/mol. The minimum Gasteiger partial charge on any atom is -0.451 e. The van der Waals surface area contributed by atoms with E-state index in [1.165, 1.54) is 12.1 Å². The van der Waals surface area contributed by atoms with Crippen molar-refractivity contribution in [1.82, 2.24) is 10.2 Å². The van der Waals surface area contributed by atoms with E-state index >= 15 is 0 Å². The predicted molar refractivity (Wildman–Crippen MR) is 84.3 cm³/mol. The van der Waals surface area contributed by atoms with Crippen molar-refractivity contribution in [2.75, 3.05) is 6.54 Å². The zero-order valence-corrected chi connectivity index (χ0v) is 13.6. The predicted octanol–water partition coefficient (Wildman–Crippen LogP) is 0.0453. The summed E-state index contributed by atoms with van der Waals surface area (Å²) in [6.45, 7) is 2.56. The Morgan fingerprint density at radius 1 is 1.12 bits per heavy atom. The molecule has 0 aliphatic carbocycles. The van der Waals surface area contributed by atoms with Crippen LogP contribution in [0, 0.1) is 5.92 Å². The van der Waals surface area contributed by atoms with E-state index in [0.717, 1.165) is 4.90 Å². The van der Waals surface area contributed by atoms with E-state index in [9.17, 15) is 24.0 Å². The molecule has 0 saturated carbocycles. The molecule has 25 heavy (non-hydrogen) atoms. The molecule has 9 nitrogen and oxygen atoms in total. The molecule has 132 valence electrons. The number of urea groups is 1. The molecule has 5 amide bonds. The van der Waals surface area contributed by atoms with Gasteiger partial charge in [0.05, 0.1) is 11.1 Å². The molecule has 1 atom stereocenters. The number of rotatable bonds is 5. The molecule has 1 heterocycles. The van der Waals surface area contributed by atoms with Gasteiger partial charge in [0.2, 0.25) is 0 Å². The molecule has 9 heteroatoms. The summed E-state index contributed by atoms with van der Waals surface area (Å²) in [7, 11) is 0. The largest absolute Gasteiger partial charge is 0.451 e. The van der Waals surface area contributed by atoms with Gasteiger partial charge in [0.25, 0.3) is 17.7 Å². The number of hydrogen-bond acceptors (Lipinski definition) is 6. The molecule has 1 aromatic carbocycles. The lowest BCUT2D eigenvalue weighted by Gasteiger charge is -2.21. The van der Waals surface area contributed by atoms with Gasteiger partial charge < -0.3 is 10.5 Å². The minimum atomic E-state index is -1.28. The summed E-state index contributed by atoms with van der Waals surface area (Å²) in [5.74, 6) is -3.50. The van der Waals surface area contributed by atoms with E-state index in [0.29, 0.717) is 0 Å². The Morgan fingerprint density at radius 2 is 1.64 bits per heavy atom. The van der Waals surface area contributed by atoms with Crippen LogP contribution in [0.1, 0.15) is 34.6 Å². The first-order valence-electron chi connectivity index (χ1n) is 7.47. The summed E-state index contributed by atoms with van der Waals surface area (Å²) in [4.78, 5) is 59.8. The van der Waals surface area contributed by atoms with Crippen LogP contribution in [-0.4, -0.2) is 47.3 Å². The Morgan fingerprint density at radius 3 is 2.08 bits per heavy atom. The zero-order chi connectivity index (χ0) is 18.7. The number of imide groups is 2. The normalized spacial score (nSPS) is 14.3. The highest BCUT2D eigenvalue weighted by Crippen LogP contribution is 2.22. The monoisotopic (exact) mass is 347 g/mol. The van der Waals surface area contributed by atoms with Gasteiger partial charge in [-0.25, -0.2) is 4.79 Å². The van der Waals surface area contributed by atoms with Crippen molar-refractivity contribution in [3.63, 3.8) is 0 Å². The van der Waals surface area contributed by atoms with Crippen LogP contribution >= 0.6 is 0 Å². The van der Waals surface area contributed by atoms with Crippen LogP contribution in [0.5, 0.6) is 0 Å². The molecule has 0 bridgehead atoms. The van der Waals surface area contributed by atoms with Gasteiger partial charge in [-0.1, -0.05) is 26.0 Å². The van der Waals surface area contributed by atoms with Crippen molar-refractivity contribution in [3.05, 3.63) is 35.4 Å². The molecule has 0 unspecified atom stereocenters. The van der Waals surface area contributed by atoms with Crippen LogP contribution in [0.3, 0.4) is 0 Å². The highest BCUT2D eigenvalue weighted by molar-refractivity contribution is 6.22. The first-order valence-corrected chi connectivity index (χ1v) is 7.47. The lowest BCUT2D eigenvalue weighted by molar-refractivity contribution is -0.158. The summed E-state index contributed by atoms with van der Waals surface area (Å²) >= 11 is 0. The molecule has 3 N–H and O–H groups in total. The van der Waals surface area contributed by atoms with E-state index in [4.69, 9.17) is 10.5 Å². The third-order valence-corrected chi connectivity index (χ3v) is 3.53. The lowest BCUT2D eigenvalue weighted by Crippen LogP contribution is -2.47. The molecule has 0 aromatic heterocycles. The van der Waals surface area contributed by atoms with Crippen LogP contribution in [-0.2, 0) is 14.3 Å². The van der Waals surface area contributed by atoms with Gasteiger partial charge in [-0.2, -0.15) is 0 Å². The van der Waals surface area contributed by atoms with Crippen LogP contribution in [0.2, 0.25) is 0 Å². The van der Waals surface area contributed by atoms with Gasteiger partial charge >= 0.3 is 12.0 Å². The standard InChI is InChI=1S/C16H17N3O6/c1-8(2)12(13(21)18-16(17)24)25-11(20)7-19-14(22)9-5-3-4-6-10(9)15(19)23/h3-6,8,12H,7H2,1-2H3,(H3,17,18,21,24)/t12-/m1/s1. The average Bonchev–Trinajstić information content (AvgIpc) is 2.77. The summed E-state index contributed by atoms with van der Waals surface area (Å²) in [5.41, 5.74) is 5.27. The van der Waals surface area contributed by atoms with E-state index in [-0.39, 0.29) is 11.1 Å². The number of primary amides is 1.